The molecule has 0 aliphatic carbocycles. The summed E-state index contributed by atoms with van der Waals surface area (Å²) in [5.74, 6) is 1.65. The maximum absolute atomic E-state index is 12.6. The Morgan fingerprint density at radius 2 is 2.00 bits per heavy atom. The lowest BCUT2D eigenvalue weighted by Gasteiger charge is -2.45. The molecule has 9 heteroatoms. The Morgan fingerprint density at radius 3 is 2.63 bits per heavy atom. The highest BCUT2D eigenvalue weighted by atomic mass is 32.2. The van der Waals surface area contributed by atoms with Gasteiger partial charge in [0.1, 0.15) is 11.5 Å². The van der Waals surface area contributed by atoms with E-state index < -0.39 is 10.0 Å². The van der Waals surface area contributed by atoms with Gasteiger partial charge in [0.25, 0.3) is 0 Å². The third-order valence-electron chi connectivity index (χ3n) is 6.14. The molecule has 0 bridgehead atoms. The first-order chi connectivity index (χ1) is 14.2. The van der Waals surface area contributed by atoms with Crippen molar-refractivity contribution in [3.63, 3.8) is 0 Å². The molecular formula is C21H32N2O6S. The highest BCUT2D eigenvalue weighted by molar-refractivity contribution is 7.88. The summed E-state index contributed by atoms with van der Waals surface area (Å²) in [5.41, 5.74) is 0.558. The summed E-state index contributed by atoms with van der Waals surface area (Å²) in [7, 11) is 0.0398. The summed E-state index contributed by atoms with van der Waals surface area (Å²) >= 11 is 0. The fourth-order valence-electron chi connectivity index (χ4n) is 4.43. The van der Waals surface area contributed by atoms with E-state index in [-0.39, 0.29) is 17.4 Å². The van der Waals surface area contributed by atoms with E-state index in [2.05, 4.69) is 5.32 Å². The Bertz CT molecular complexity index is 849. The maximum Gasteiger partial charge on any atom is 0.220 e. The fraction of sp³-hybridized carbons (Fsp3) is 0.667. The van der Waals surface area contributed by atoms with Crippen molar-refractivity contribution < 1.29 is 27.4 Å². The van der Waals surface area contributed by atoms with Crippen molar-refractivity contribution in [3.8, 4) is 11.5 Å². The number of benzene rings is 1. The van der Waals surface area contributed by atoms with Crippen molar-refractivity contribution in [1.82, 2.24) is 9.62 Å². The first-order valence-corrected chi connectivity index (χ1v) is 12.2. The summed E-state index contributed by atoms with van der Waals surface area (Å²) in [5, 5.41) is 2.99. The number of hydrogen-bond acceptors (Lipinski definition) is 6. The van der Waals surface area contributed by atoms with Gasteiger partial charge in [-0.3, -0.25) is 4.79 Å². The minimum atomic E-state index is -3.16. The van der Waals surface area contributed by atoms with E-state index in [1.165, 1.54) is 10.6 Å². The Balaban J connectivity index is 1.52. The molecule has 1 aromatic carbocycles. The summed E-state index contributed by atoms with van der Waals surface area (Å²) in [6, 6.07) is 5.50. The van der Waals surface area contributed by atoms with Crippen LogP contribution in [0.15, 0.2) is 18.2 Å². The standard InChI is InChI=1S/C21H32N2O6S/c1-27-18-4-5-19(28-2)17(13-18)15-22-20(24)12-16-6-11-29-21(14-16)7-9-23(10-8-21)30(3,25)26/h4-5,13,16H,6-12,14-15H2,1-3H3,(H,22,24). The molecule has 0 aromatic heterocycles. The van der Waals surface area contributed by atoms with Crippen LogP contribution in [0.5, 0.6) is 11.5 Å². The number of carbonyl (C=O) groups excluding carboxylic acids is 1. The number of hydrogen-bond donors (Lipinski definition) is 1. The largest absolute Gasteiger partial charge is 0.497 e. The molecule has 3 rings (SSSR count). The van der Waals surface area contributed by atoms with Gasteiger partial charge in [-0.1, -0.05) is 0 Å². The van der Waals surface area contributed by atoms with E-state index in [1.54, 1.807) is 14.2 Å². The van der Waals surface area contributed by atoms with Crippen LogP contribution in [0.4, 0.5) is 0 Å². The number of piperidine rings is 1. The molecule has 30 heavy (non-hydrogen) atoms. The first-order valence-electron chi connectivity index (χ1n) is 10.3. The lowest BCUT2D eigenvalue weighted by molar-refractivity contribution is -0.132. The van der Waals surface area contributed by atoms with Gasteiger partial charge in [0.2, 0.25) is 15.9 Å². The van der Waals surface area contributed by atoms with Crippen LogP contribution in [0, 0.1) is 5.92 Å². The highest BCUT2D eigenvalue weighted by Crippen LogP contribution is 2.39. The van der Waals surface area contributed by atoms with Crippen LogP contribution in [0.2, 0.25) is 0 Å². The van der Waals surface area contributed by atoms with Gasteiger partial charge in [0.15, 0.2) is 0 Å². The van der Waals surface area contributed by atoms with Gasteiger partial charge in [-0.05, 0) is 49.8 Å². The predicted molar refractivity (Wildman–Crippen MR) is 113 cm³/mol. The van der Waals surface area contributed by atoms with Gasteiger partial charge in [-0.25, -0.2) is 12.7 Å². The average molecular weight is 441 g/mol. The fourth-order valence-corrected chi connectivity index (χ4v) is 5.27. The first kappa shape index (κ1) is 22.8. The lowest BCUT2D eigenvalue weighted by atomic mass is 9.78. The molecule has 2 aliphatic rings. The molecule has 2 saturated heterocycles. The molecule has 168 valence electrons. The molecule has 2 fully saturated rings. The van der Waals surface area contributed by atoms with Gasteiger partial charge in [-0.2, -0.15) is 0 Å². The molecule has 1 aromatic rings. The highest BCUT2D eigenvalue weighted by Gasteiger charge is 2.42. The molecular weight excluding hydrogens is 408 g/mol. The number of carbonyl (C=O) groups is 1. The number of rotatable bonds is 7. The third kappa shape index (κ3) is 5.65. The maximum atomic E-state index is 12.6. The van der Waals surface area contributed by atoms with Crippen molar-refractivity contribution >= 4 is 15.9 Å². The molecule has 0 saturated carbocycles. The van der Waals surface area contributed by atoms with E-state index in [0.29, 0.717) is 57.0 Å². The van der Waals surface area contributed by atoms with Crippen LogP contribution in [-0.4, -0.2) is 64.4 Å². The molecule has 1 N–H and O–H groups in total. The van der Waals surface area contributed by atoms with Crippen molar-refractivity contribution in [2.24, 2.45) is 5.92 Å². The summed E-state index contributed by atoms with van der Waals surface area (Å²) in [6.07, 6.45) is 4.68. The number of methoxy groups -OCH3 is 2. The number of nitrogens with one attached hydrogen (secondary N) is 1. The topological polar surface area (TPSA) is 94.2 Å². The number of nitrogens with zero attached hydrogens (tertiary/aromatic N) is 1. The van der Waals surface area contributed by atoms with Crippen molar-refractivity contribution in [1.29, 1.82) is 0 Å². The zero-order chi connectivity index (χ0) is 21.8. The monoisotopic (exact) mass is 440 g/mol. The quantitative estimate of drug-likeness (QED) is 0.696. The minimum absolute atomic E-state index is 0.00417. The van der Waals surface area contributed by atoms with Gasteiger partial charge >= 0.3 is 0 Å². The summed E-state index contributed by atoms with van der Waals surface area (Å²) in [6.45, 7) is 1.94. The second-order valence-electron chi connectivity index (χ2n) is 8.21. The van der Waals surface area contributed by atoms with E-state index in [0.717, 1.165) is 18.4 Å². The SMILES string of the molecule is COc1ccc(OC)c(CNC(=O)CC2CCOC3(CCN(S(C)(=O)=O)CC3)C2)c1. The Kier molecular flexibility index (Phi) is 7.26. The Hall–Kier alpha value is -1.84. The molecule has 1 amide bonds. The van der Waals surface area contributed by atoms with Gasteiger partial charge in [0.05, 0.1) is 26.1 Å². The normalized spacial score (nSPS) is 21.9. The van der Waals surface area contributed by atoms with E-state index in [9.17, 15) is 13.2 Å². The number of amides is 1. The lowest BCUT2D eigenvalue weighted by Crippen LogP contribution is -2.50. The number of sulfonamides is 1. The minimum Gasteiger partial charge on any atom is -0.497 e. The molecule has 1 unspecified atom stereocenters. The van der Waals surface area contributed by atoms with Gasteiger partial charge in [0, 0.05) is 38.2 Å². The Labute approximate surface area is 178 Å². The second-order valence-corrected chi connectivity index (χ2v) is 10.2. The van der Waals surface area contributed by atoms with Crippen LogP contribution < -0.4 is 14.8 Å². The van der Waals surface area contributed by atoms with E-state index >= 15 is 0 Å². The van der Waals surface area contributed by atoms with E-state index in [4.69, 9.17) is 14.2 Å². The predicted octanol–water partition coefficient (Wildman–Crippen LogP) is 1.93. The van der Waals surface area contributed by atoms with E-state index in [1.807, 2.05) is 18.2 Å². The Morgan fingerprint density at radius 1 is 1.27 bits per heavy atom. The van der Waals surface area contributed by atoms with Crippen molar-refractivity contribution in [2.45, 2.75) is 44.2 Å². The summed E-state index contributed by atoms with van der Waals surface area (Å²) < 4.78 is 41.7. The zero-order valence-corrected chi connectivity index (χ0v) is 18.8. The molecule has 8 nitrogen and oxygen atoms in total. The van der Waals surface area contributed by atoms with Crippen LogP contribution >= 0.6 is 0 Å². The number of ether oxygens (including phenoxy) is 3. The van der Waals surface area contributed by atoms with Crippen LogP contribution in [0.25, 0.3) is 0 Å². The van der Waals surface area contributed by atoms with Crippen LogP contribution in [0.3, 0.4) is 0 Å². The second kappa shape index (κ2) is 9.53. The van der Waals surface area contributed by atoms with Crippen LogP contribution in [0.1, 0.15) is 37.7 Å². The van der Waals surface area contributed by atoms with Crippen molar-refractivity contribution in [3.05, 3.63) is 23.8 Å². The third-order valence-corrected chi connectivity index (χ3v) is 7.44. The zero-order valence-electron chi connectivity index (χ0n) is 18.0. The van der Waals surface area contributed by atoms with Gasteiger partial charge < -0.3 is 19.5 Å². The molecule has 1 spiro atoms. The van der Waals surface area contributed by atoms with Crippen molar-refractivity contribution in [2.75, 3.05) is 40.2 Å². The molecule has 2 heterocycles. The smallest absolute Gasteiger partial charge is 0.220 e. The molecule has 0 radical (unpaired) electrons. The molecule has 1 atom stereocenters. The van der Waals surface area contributed by atoms with Crippen LogP contribution in [-0.2, 0) is 26.1 Å². The summed E-state index contributed by atoms with van der Waals surface area (Å²) in [4.78, 5) is 12.6. The van der Waals surface area contributed by atoms with Gasteiger partial charge in [-0.15, -0.1) is 0 Å². The molecule has 2 aliphatic heterocycles. The average Bonchev–Trinajstić information content (AvgIpc) is 2.71.